The summed E-state index contributed by atoms with van der Waals surface area (Å²) in [5.74, 6) is -11.2. The van der Waals surface area contributed by atoms with Crippen LogP contribution in [0.1, 0.15) is 208 Å². The number of hydrogen-bond acceptors (Lipinski definition) is 13. The van der Waals surface area contributed by atoms with E-state index in [1.165, 1.54) is 92.6 Å². The average Bonchev–Trinajstić information content (AvgIpc) is 0.858. The van der Waals surface area contributed by atoms with E-state index in [2.05, 4.69) is 5.32 Å². The van der Waals surface area contributed by atoms with E-state index in [0.717, 1.165) is 24.2 Å². The Bertz CT molecular complexity index is 2550. The predicted molar refractivity (Wildman–Crippen MR) is 361 cm³/mol. The second-order valence-electron chi connectivity index (χ2n) is 29.9. The second kappa shape index (κ2) is 38.1. The monoisotopic (exact) mass is 1310 g/mol. The van der Waals surface area contributed by atoms with E-state index in [0.29, 0.717) is 25.9 Å². The molecule has 13 atom stereocenters. The molecule has 0 radical (unpaired) electrons. The largest absolute Gasteiger partial charge is 0.390 e. The number of amides is 9. The smallest absolute Gasteiger partial charge is 0.246 e. The quantitative estimate of drug-likeness (QED) is 0.147. The van der Waals surface area contributed by atoms with Gasteiger partial charge in [-0.3, -0.25) is 57.5 Å². The summed E-state index contributed by atoms with van der Waals surface area (Å²) in [6.45, 7) is 31.6. The fourth-order valence-electron chi connectivity index (χ4n) is 13.3. The van der Waals surface area contributed by atoms with Crippen molar-refractivity contribution in [1.29, 1.82) is 0 Å². The summed E-state index contributed by atoms with van der Waals surface area (Å²) in [5.41, 5.74) is 0. The molecule has 0 aromatic rings. The number of nitrogens with one attached hydrogen (secondary N) is 1. The normalized spacial score (nSPS) is 27.6. The van der Waals surface area contributed by atoms with Gasteiger partial charge in [0, 0.05) is 106 Å². The van der Waals surface area contributed by atoms with Crippen LogP contribution in [0.15, 0.2) is 0 Å². The van der Waals surface area contributed by atoms with Gasteiger partial charge in [0.05, 0.1) is 18.2 Å². The summed E-state index contributed by atoms with van der Waals surface area (Å²) in [6, 6.07) is -9.48. The molecule has 93 heavy (non-hydrogen) atoms. The Balaban J connectivity index is 2.99. The Morgan fingerprint density at radius 3 is 1.37 bits per heavy atom. The third kappa shape index (κ3) is 23.2. The second-order valence-corrected chi connectivity index (χ2v) is 29.9. The first-order valence-electron chi connectivity index (χ1n) is 34.8. The van der Waals surface area contributed by atoms with Gasteiger partial charge < -0.3 is 49.6 Å². The first-order chi connectivity index (χ1) is 43.1. The Kier molecular flexibility index (Phi) is 34.1. The molecule has 0 bridgehead atoms. The summed E-state index contributed by atoms with van der Waals surface area (Å²) in [5, 5.41) is 15.3. The van der Waals surface area contributed by atoms with Crippen molar-refractivity contribution in [2.45, 2.75) is 262 Å². The van der Waals surface area contributed by atoms with E-state index < -0.39 is 161 Å². The van der Waals surface area contributed by atoms with Crippen LogP contribution in [-0.4, -0.2) is 232 Å². The first-order valence-corrected chi connectivity index (χ1v) is 34.8. The number of likely N-dealkylation sites (tertiary alicyclic amines) is 1. The molecule has 2 fully saturated rings. The minimum Gasteiger partial charge on any atom is -0.390 e. The molecule has 2 saturated heterocycles. The number of hydrogen-bond donors (Lipinski definition) is 2. The highest BCUT2D eigenvalue weighted by Gasteiger charge is 2.46. The van der Waals surface area contributed by atoms with Crippen molar-refractivity contribution in [1.82, 2.24) is 44.5 Å². The van der Waals surface area contributed by atoms with E-state index in [-0.39, 0.29) is 80.9 Å². The minimum absolute atomic E-state index is 0.00231. The summed E-state index contributed by atoms with van der Waals surface area (Å²) < 4.78 is 0. The number of nitrogens with zero attached hydrogens (tertiary/aromatic N) is 8. The van der Waals surface area contributed by atoms with Crippen LogP contribution in [0.2, 0.25) is 0 Å². The Morgan fingerprint density at radius 1 is 0.473 bits per heavy atom. The molecule has 2 rings (SSSR count). The number of carbonyl (C=O) groups is 12. The molecule has 0 aliphatic carbocycles. The number of aliphatic hydroxyl groups is 1. The van der Waals surface area contributed by atoms with Crippen LogP contribution >= 0.6 is 0 Å². The summed E-state index contributed by atoms with van der Waals surface area (Å²) in [4.78, 5) is 187. The lowest BCUT2D eigenvalue weighted by Crippen LogP contribution is -2.61. The third-order valence-corrected chi connectivity index (χ3v) is 19.6. The van der Waals surface area contributed by atoms with Crippen LogP contribution in [0.3, 0.4) is 0 Å². The van der Waals surface area contributed by atoms with Crippen LogP contribution < -0.4 is 5.32 Å². The van der Waals surface area contributed by atoms with Crippen molar-refractivity contribution in [2.75, 3.05) is 62.4 Å². The van der Waals surface area contributed by atoms with Crippen LogP contribution in [0.5, 0.6) is 0 Å². The maximum Gasteiger partial charge on any atom is 0.246 e. The lowest BCUT2D eigenvalue weighted by Gasteiger charge is -2.41. The highest BCUT2D eigenvalue weighted by Crippen LogP contribution is 2.30. The zero-order valence-corrected chi connectivity index (χ0v) is 61.7. The van der Waals surface area contributed by atoms with Gasteiger partial charge in [-0.1, -0.05) is 104 Å². The van der Waals surface area contributed by atoms with Gasteiger partial charge in [-0.25, -0.2) is 0 Å². The Hall–Kier alpha value is -5.80. The molecule has 9 amide bonds. The molecule has 22 nitrogen and oxygen atoms in total. The van der Waals surface area contributed by atoms with Crippen LogP contribution in [0, 0.1) is 59.2 Å². The zero-order chi connectivity index (χ0) is 71.5. The molecule has 2 aliphatic rings. The fraction of sp³-hybridized carbons (Fsp3) is 0.831. The summed E-state index contributed by atoms with van der Waals surface area (Å²) >= 11 is 0. The molecule has 2 aliphatic heterocycles. The van der Waals surface area contributed by atoms with E-state index in [1.807, 2.05) is 60.3 Å². The molecule has 2 heterocycles. The number of piperidine rings is 1. The van der Waals surface area contributed by atoms with Crippen LogP contribution in [0.4, 0.5) is 0 Å². The molecule has 0 spiro atoms. The van der Waals surface area contributed by atoms with Crippen LogP contribution in [0.25, 0.3) is 0 Å². The molecule has 0 unspecified atom stereocenters. The molecule has 22 heteroatoms. The molecule has 532 valence electrons. The number of ketones is 3. The number of carbonyl (C=O) groups excluding carboxylic acids is 12. The van der Waals surface area contributed by atoms with Gasteiger partial charge in [-0.05, 0) is 119 Å². The van der Waals surface area contributed by atoms with Crippen molar-refractivity contribution < 1.29 is 62.6 Å². The Labute approximate surface area is 559 Å². The number of likely N-dealkylation sites (N-methyl/N-ethyl adjacent to an activating group) is 7. The molecular weight excluding hydrogens is 1190 g/mol. The predicted octanol–water partition coefficient (Wildman–Crippen LogP) is 7.15. The van der Waals surface area contributed by atoms with Crippen molar-refractivity contribution in [2.24, 2.45) is 59.2 Å². The van der Waals surface area contributed by atoms with Gasteiger partial charge in [0.2, 0.25) is 53.2 Å². The van der Waals surface area contributed by atoms with E-state index in [9.17, 15) is 43.5 Å². The van der Waals surface area contributed by atoms with Gasteiger partial charge in [0.25, 0.3) is 0 Å². The van der Waals surface area contributed by atoms with Crippen molar-refractivity contribution in [3.63, 3.8) is 0 Å². The first kappa shape index (κ1) is 83.3. The van der Waals surface area contributed by atoms with E-state index in [4.69, 9.17) is 0 Å². The van der Waals surface area contributed by atoms with Gasteiger partial charge in [0.1, 0.15) is 36.3 Å². The van der Waals surface area contributed by atoms with Crippen molar-refractivity contribution >= 4 is 70.5 Å². The number of rotatable bonds is 17. The third-order valence-electron chi connectivity index (χ3n) is 19.6. The topological polar surface area (TPSA) is 263 Å². The Morgan fingerprint density at radius 2 is 0.903 bits per heavy atom. The molecule has 0 aromatic heterocycles. The molecule has 0 aromatic carbocycles. The van der Waals surface area contributed by atoms with Crippen molar-refractivity contribution in [3.8, 4) is 0 Å². The van der Waals surface area contributed by atoms with Gasteiger partial charge in [-0.2, -0.15) is 0 Å². The average molecular weight is 1310 g/mol. The summed E-state index contributed by atoms with van der Waals surface area (Å²) in [7, 11) is 10.2. The molecule has 2 N–H and O–H groups in total. The highest BCUT2D eigenvalue weighted by molar-refractivity contribution is 6.00. The molecular formula is C71H125N9O13. The maximum atomic E-state index is 15.4. The zero-order valence-electron chi connectivity index (χ0n) is 61.7. The number of Topliss-reactive ketones (excluding diaryl/α,β-unsaturated/α-hetero) is 3. The van der Waals surface area contributed by atoms with E-state index in [1.54, 1.807) is 48.5 Å². The lowest BCUT2D eigenvalue weighted by molar-refractivity contribution is -0.157. The minimum atomic E-state index is -1.56. The van der Waals surface area contributed by atoms with E-state index >= 15 is 19.2 Å². The van der Waals surface area contributed by atoms with Gasteiger partial charge >= 0.3 is 0 Å². The fourth-order valence-corrected chi connectivity index (χ4v) is 13.3. The van der Waals surface area contributed by atoms with Crippen molar-refractivity contribution in [3.05, 3.63) is 0 Å². The SMILES string of the molecule is CC[C@H]1CC(=O)[C@@H]([C@H](O)[C@H](C)CCCC(=O)N2CCCCC2)N(C)C(=O)[C@@H](C(C)C)N(C)C(=O)[C@@H](CC(C)C)N(C)C(=O)[C@@H](CC(C)C)N(C)C(=O)[C@H](C)NC(=O)[C@@H](C)CC(=O)[C@@H](CC(C)C)N(C)C(=O)[C@@H](C(C)C)CC(=O)[C@H](CC(C)C)N(C)C(=O)[C@@H](C)N(C)C1=O. The standard InChI is InChI=1S/C71H125N9O13/c1-25-51-39-59(83)62(63(85)47(14)30-29-31-60(84)80-32-27-26-28-33-80)79(24)71(93)61(46(12)13)78(23)70(92)56(37-44(8)9)77(22)69(91)55(36-43(6)7)76(21)65(87)49(16)72-64(86)48(15)38-57(81)53(34-41(2)3)75(20)68(90)52(45(10)11)40-58(82)54(35-42(4)5)74(19)66(88)50(17)73(18)67(51)89/h41-56,61-63,85H,25-40H2,1-24H3,(H,72,86)/t47-,48+,49+,50-,51+,52-,53-,54+,55-,56-,61-,62+,63-/m1/s1. The molecule has 0 saturated carbocycles. The highest BCUT2D eigenvalue weighted by atomic mass is 16.3. The number of aliphatic hydroxyl groups excluding tert-OH is 1. The lowest BCUT2D eigenvalue weighted by atomic mass is 9.84. The van der Waals surface area contributed by atoms with Gasteiger partial charge in [-0.15, -0.1) is 0 Å². The van der Waals surface area contributed by atoms with Crippen LogP contribution in [-0.2, 0) is 57.5 Å². The maximum absolute atomic E-state index is 15.4. The van der Waals surface area contributed by atoms with Gasteiger partial charge in [0.15, 0.2) is 17.3 Å². The summed E-state index contributed by atoms with van der Waals surface area (Å²) in [6.07, 6.45) is 2.16.